The molecule has 0 spiro atoms. The largest absolute Gasteiger partial charge is 0.395 e. The minimum atomic E-state index is -0.341. The van der Waals surface area contributed by atoms with Gasteiger partial charge in [-0.15, -0.1) is 0 Å². The summed E-state index contributed by atoms with van der Waals surface area (Å²) in [6, 6.07) is 0. The Morgan fingerprint density at radius 2 is 1.08 bits per heavy atom. The van der Waals surface area contributed by atoms with Gasteiger partial charge in [0.1, 0.15) is 0 Å². The molecule has 140 valence electrons. The first-order valence-corrected chi connectivity index (χ1v) is 9.89. The van der Waals surface area contributed by atoms with Crippen LogP contribution in [0.25, 0.3) is 0 Å². The summed E-state index contributed by atoms with van der Waals surface area (Å²) >= 11 is 0. The van der Waals surface area contributed by atoms with Gasteiger partial charge in [0, 0.05) is 22.7 Å². The average molecular weight is 356 g/mol. The SMILES string of the molecule is OC[C@@]12C=C[C@H](O)C1C1C=CC2C1.OC[C@]12C=C[C@@H](O)C1C1C=CC2C1. The lowest BCUT2D eigenvalue weighted by atomic mass is 9.71. The van der Waals surface area contributed by atoms with Gasteiger partial charge >= 0.3 is 0 Å². The summed E-state index contributed by atoms with van der Waals surface area (Å²) in [5, 5.41) is 38.5. The van der Waals surface area contributed by atoms with Gasteiger partial charge in [-0.05, 0) is 36.5 Å². The molecular weight excluding hydrogens is 328 g/mol. The summed E-state index contributed by atoms with van der Waals surface area (Å²) in [7, 11) is 0. The van der Waals surface area contributed by atoms with Crippen LogP contribution in [-0.4, -0.2) is 45.8 Å². The van der Waals surface area contributed by atoms with Crippen molar-refractivity contribution in [2.75, 3.05) is 13.2 Å². The van der Waals surface area contributed by atoms with Crippen molar-refractivity contribution in [3.63, 3.8) is 0 Å². The Bertz CT molecular complexity index is 649. The van der Waals surface area contributed by atoms with E-state index in [9.17, 15) is 20.4 Å². The quantitative estimate of drug-likeness (QED) is 0.565. The molecule has 0 amide bonds. The minimum Gasteiger partial charge on any atom is -0.395 e. The highest BCUT2D eigenvalue weighted by Crippen LogP contribution is 2.61. The predicted molar refractivity (Wildman–Crippen MR) is 97.8 cm³/mol. The highest BCUT2D eigenvalue weighted by Gasteiger charge is 2.59. The highest BCUT2D eigenvalue weighted by atomic mass is 16.3. The van der Waals surface area contributed by atoms with Gasteiger partial charge < -0.3 is 20.4 Å². The minimum absolute atomic E-state index is 0.126. The van der Waals surface area contributed by atoms with Crippen molar-refractivity contribution in [3.05, 3.63) is 48.6 Å². The molecule has 4 heteroatoms. The number of aliphatic hydroxyl groups is 4. The normalized spacial score (nSPS) is 56.2. The van der Waals surface area contributed by atoms with Gasteiger partial charge in [-0.1, -0.05) is 48.6 Å². The first kappa shape index (κ1) is 16.9. The van der Waals surface area contributed by atoms with Crippen molar-refractivity contribution >= 4 is 0 Å². The van der Waals surface area contributed by atoms with Gasteiger partial charge in [0.15, 0.2) is 0 Å². The van der Waals surface area contributed by atoms with Crippen LogP contribution < -0.4 is 0 Å². The lowest BCUT2D eigenvalue weighted by molar-refractivity contribution is 0.0429. The Labute approximate surface area is 154 Å². The predicted octanol–water partition coefficient (Wildman–Crippen LogP) is 1.44. The summed E-state index contributed by atoms with van der Waals surface area (Å²) < 4.78 is 0. The van der Waals surface area contributed by atoms with E-state index >= 15 is 0 Å². The van der Waals surface area contributed by atoms with E-state index in [0.717, 1.165) is 12.8 Å². The van der Waals surface area contributed by atoms with Crippen molar-refractivity contribution in [3.8, 4) is 0 Å². The summed E-state index contributed by atoms with van der Waals surface area (Å²) in [4.78, 5) is 0. The fourth-order valence-electron chi connectivity index (χ4n) is 7.03. The van der Waals surface area contributed by atoms with Crippen molar-refractivity contribution < 1.29 is 20.4 Å². The number of hydrogen-bond acceptors (Lipinski definition) is 4. The molecule has 4 N–H and O–H groups in total. The van der Waals surface area contributed by atoms with Crippen LogP contribution in [0.15, 0.2) is 48.6 Å². The van der Waals surface area contributed by atoms with Crippen LogP contribution in [0.1, 0.15) is 12.8 Å². The average Bonchev–Trinajstić information content (AvgIpc) is 3.45. The van der Waals surface area contributed by atoms with E-state index in [1.165, 1.54) is 0 Å². The molecule has 4 bridgehead atoms. The van der Waals surface area contributed by atoms with Crippen LogP contribution in [0.2, 0.25) is 0 Å². The van der Waals surface area contributed by atoms with Gasteiger partial charge in [-0.3, -0.25) is 0 Å². The number of hydrogen-bond donors (Lipinski definition) is 4. The van der Waals surface area contributed by atoms with Gasteiger partial charge in [-0.25, -0.2) is 0 Å². The Kier molecular flexibility index (Phi) is 3.68. The van der Waals surface area contributed by atoms with Crippen molar-refractivity contribution in [2.45, 2.75) is 25.0 Å². The second-order valence-corrected chi connectivity index (χ2v) is 9.07. The van der Waals surface area contributed by atoms with Crippen molar-refractivity contribution in [1.29, 1.82) is 0 Å². The first-order chi connectivity index (χ1) is 12.6. The van der Waals surface area contributed by atoms with Gasteiger partial charge in [0.2, 0.25) is 0 Å². The van der Waals surface area contributed by atoms with Gasteiger partial charge in [-0.2, -0.15) is 0 Å². The monoisotopic (exact) mass is 356 g/mol. The molecule has 6 rings (SSSR count). The van der Waals surface area contributed by atoms with E-state index in [1.807, 2.05) is 24.3 Å². The van der Waals surface area contributed by atoms with E-state index in [-0.39, 0.29) is 48.1 Å². The Morgan fingerprint density at radius 1 is 0.654 bits per heavy atom. The van der Waals surface area contributed by atoms with E-state index in [4.69, 9.17) is 0 Å². The third-order valence-corrected chi connectivity index (χ3v) is 8.27. The molecule has 0 heterocycles. The molecule has 0 aromatic heterocycles. The number of aliphatic hydroxyl groups excluding tert-OH is 4. The van der Waals surface area contributed by atoms with Crippen LogP contribution in [0.3, 0.4) is 0 Å². The van der Waals surface area contributed by atoms with Crippen LogP contribution in [0.4, 0.5) is 0 Å². The van der Waals surface area contributed by atoms with Crippen LogP contribution >= 0.6 is 0 Å². The van der Waals surface area contributed by atoms with Crippen LogP contribution in [-0.2, 0) is 0 Å². The molecule has 0 radical (unpaired) electrons. The maximum Gasteiger partial charge on any atom is 0.0764 e. The molecule has 0 aromatic carbocycles. The topological polar surface area (TPSA) is 80.9 Å². The Morgan fingerprint density at radius 3 is 1.42 bits per heavy atom. The lowest BCUT2D eigenvalue weighted by Crippen LogP contribution is -2.37. The van der Waals surface area contributed by atoms with Crippen molar-refractivity contribution in [2.24, 2.45) is 46.3 Å². The molecule has 6 aliphatic carbocycles. The summed E-state index contributed by atoms with van der Waals surface area (Å²) in [6.07, 6.45) is 18.2. The Hall–Kier alpha value is -1.20. The van der Waals surface area contributed by atoms with Gasteiger partial charge in [0.05, 0.1) is 25.4 Å². The highest BCUT2D eigenvalue weighted by molar-refractivity contribution is 5.32. The van der Waals surface area contributed by atoms with E-state index in [1.54, 1.807) is 0 Å². The first-order valence-electron chi connectivity index (χ1n) is 9.89. The molecule has 6 unspecified atom stereocenters. The third kappa shape index (κ3) is 1.94. The smallest absolute Gasteiger partial charge is 0.0764 e. The number of allylic oxidation sites excluding steroid dienone is 4. The molecule has 2 saturated carbocycles. The summed E-state index contributed by atoms with van der Waals surface area (Å²) in [6.45, 7) is 0.355. The lowest BCUT2D eigenvalue weighted by Gasteiger charge is -2.35. The number of fused-ring (bicyclic) bond motifs is 10. The van der Waals surface area contributed by atoms with Crippen LogP contribution in [0, 0.1) is 46.3 Å². The second kappa shape index (κ2) is 5.65. The fraction of sp³-hybridized carbons (Fsp3) is 0.636. The molecule has 0 aliphatic heterocycles. The van der Waals surface area contributed by atoms with Crippen LogP contribution in [0.5, 0.6) is 0 Å². The molecule has 6 aliphatic rings. The van der Waals surface area contributed by atoms with Gasteiger partial charge in [0.25, 0.3) is 0 Å². The second-order valence-electron chi connectivity index (χ2n) is 9.07. The zero-order chi connectivity index (χ0) is 18.1. The molecule has 26 heavy (non-hydrogen) atoms. The fourth-order valence-corrected chi connectivity index (χ4v) is 7.03. The maximum absolute atomic E-state index is 9.79. The van der Waals surface area contributed by atoms with E-state index < -0.39 is 0 Å². The number of rotatable bonds is 2. The summed E-state index contributed by atoms with van der Waals surface area (Å²) in [5.41, 5.74) is -0.252. The zero-order valence-corrected chi connectivity index (χ0v) is 14.9. The molecule has 0 aromatic rings. The standard InChI is InChI=1S/2C11H14O2/c2*12-6-11-4-3-9(13)10(11)7-1-2-8(11)5-7/h2*1-4,7-10,12-13H,5-6H2/t2*7?,8?,9-,10?,11+/m10/s1. The van der Waals surface area contributed by atoms with E-state index in [0.29, 0.717) is 23.7 Å². The molecule has 0 saturated heterocycles. The molecule has 2 fully saturated rings. The van der Waals surface area contributed by atoms with E-state index in [2.05, 4.69) is 24.3 Å². The van der Waals surface area contributed by atoms with Crippen molar-refractivity contribution in [1.82, 2.24) is 0 Å². The Balaban J connectivity index is 0.000000115. The zero-order valence-electron chi connectivity index (χ0n) is 14.9. The molecule has 10 atom stereocenters. The molecular formula is C22H28O4. The maximum atomic E-state index is 9.79. The molecule has 4 nitrogen and oxygen atoms in total. The summed E-state index contributed by atoms with van der Waals surface area (Å²) in [5.74, 6) is 2.38. The third-order valence-electron chi connectivity index (χ3n) is 8.27.